The van der Waals surface area contributed by atoms with Crippen LogP contribution in [0.15, 0.2) is 22.7 Å². The molecule has 6 heteroatoms. The Hall–Kier alpha value is -1.88. The lowest BCUT2D eigenvalue weighted by molar-refractivity contribution is 0.367. The van der Waals surface area contributed by atoms with Crippen molar-refractivity contribution in [3.63, 3.8) is 0 Å². The minimum Gasteiger partial charge on any atom is -0.337 e. The molecule has 0 amide bonds. The van der Waals surface area contributed by atoms with Crippen LogP contribution in [-0.2, 0) is 6.54 Å². The Morgan fingerprint density at radius 1 is 1.30 bits per heavy atom. The third kappa shape index (κ3) is 2.18. The van der Waals surface area contributed by atoms with E-state index in [-0.39, 0.29) is 5.38 Å². The van der Waals surface area contributed by atoms with Gasteiger partial charge in [-0.25, -0.2) is 4.98 Å². The van der Waals surface area contributed by atoms with Gasteiger partial charge in [0, 0.05) is 0 Å². The number of imidazole rings is 1. The minimum absolute atomic E-state index is 0.189. The van der Waals surface area contributed by atoms with Gasteiger partial charge in [0.25, 0.3) is 0 Å². The highest BCUT2D eigenvalue weighted by Gasteiger charge is 2.17. The van der Waals surface area contributed by atoms with E-state index in [1.54, 1.807) is 6.92 Å². The second-order valence-electron chi connectivity index (χ2n) is 4.85. The highest BCUT2D eigenvalue weighted by Crippen LogP contribution is 2.27. The van der Waals surface area contributed by atoms with Crippen molar-refractivity contribution in [3.05, 3.63) is 41.3 Å². The molecule has 2 aromatic heterocycles. The molecule has 0 radical (unpaired) electrons. The largest absolute Gasteiger partial charge is 0.337 e. The van der Waals surface area contributed by atoms with Crippen LogP contribution in [0.25, 0.3) is 11.0 Å². The Kier molecular flexibility index (Phi) is 3.22. The van der Waals surface area contributed by atoms with Gasteiger partial charge in [0.05, 0.1) is 16.4 Å². The summed E-state index contributed by atoms with van der Waals surface area (Å²) in [6.07, 6.45) is 0. The summed E-state index contributed by atoms with van der Waals surface area (Å²) in [6, 6.07) is 6.08. The maximum absolute atomic E-state index is 6.25. The van der Waals surface area contributed by atoms with Crippen LogP contribution < -0.4 is 0 Å². The van der Waals surface area contributed by atoms with Crippen molar-refractivity contribution in [1.29, 1.82) is 0 Å². The number of alkyl halides is 1. The molecule has 5 nitrogen and oxygen atoms in total. The zero-order valence-electron chi connectivity index (χ0n) is 11.6. The molecule has 0 saturated carbocycles. The number of benzene rings is 1. The number of para-hydroxylation sites is 1. The molecular weight excluding hydrogens is 276 g/mol. The van der Waals surface area contributed by atoms with E-state index in [2.05, 4.69) is 15.1 Å². The van der Waals surface area contributed by atoms with Gasteiger partial charge in [0.15, 0.2) is 5.82 Å². The van der Waals surface area contributed by atoms with Crippen LogP contribution >= 0.6 is 11.6 Å². The first-order valence-electron chi connectivity index (χ1n) is 6.45. The first kappa shape index (κ1) is 13.1. The summed E-state index contributed by atoms with van der Waals surface area (Å²) >= 11 is 6.25. The monoisotopic (exact) mass is 290 g/mol. The first-order valence-corrected chi connectivity index (χ1v) is 6.89. The van der Waals surface area contributed by atoms with Crippen LogP contribution in [-0.4, -0.2) is 19.7 Å². The molecule has 0 N–H and O–H groups in total. The normalized spacial score (nSPS) is 13.0. The third-order valence-corrected chi connectivity index (χ3v) is 3.42. The predicted molar refractivity (Wildman–Crippen MR) is 76.9 cm³/mol. The van der Waals surface area contributed by atoms with E-state index in [0.29, 0.717) is 18.3 Å². The van der Waals surface area contributed by atoms with E-state index in [9.17, 15) is 0 Å². The summed E-state index contributed by atoms with van der Waals surface area (Å²) in [5, 5.41) is 3.63. The Labute approximate surface area is 121 Å². The maximum atomic E-state index is 6.25. The van der Waals surface area contributed by atoms with E-state index in [4.69, 9.17) is 16.1 Å². The predicted octanol–water partition coefficient (Wildman–Crippen LogP) is 3.38. The van der Waals surface area contributed by atoms with E-state index in [1.165, 1.54) is 0 Å². The van der Waals surface area contributed by atoms with Gasteiger partial charge in [-0.3, -0.25) is 0 Å². The third-order valence-electron chi connectivity index (χ3n) is 3.23. The average molecular weight is 291 g/mol. The molecule has 3 rings (SSSR count). The Bertz CT molecular complexity index is 760. The summed E-state index contributed by atoms with van der Waals surface area (Å²) in [6.45, 7) is 6.23. The number of hydrogen-bond donors (Lipinski definition) is 0. The molecule has 0 aliphatic heterocycles. The number of halogens is 1. The molecule has 0 aliphatic rings. The van der Waals surface area contributed by atoms with Gasteiger partial charge in [0.2, 0.25) is 5.89 Å². The van der Waals surface area contributed by atoms with Crippen molar-refractivity contribution in [2.75, 3.05) is 0 Å². The van der Waals surface area contributed by atoms with Gasteiger partial charge in [-0.1, -0.05) is 17.3 Å². The Morgan fingerprint density at radius 2 is 2.10 bits per heavy atom. The molecule has 1 unspecified atom stereocenters. The second-order valence-corrected chi connectivity index (χ2v) is 5.50. The van der Waals surface area contributed by atoms with Crippen LogP contribution in [0.5, 0.6) is 0 Å². The van der Waals surface area contributed by atoms with Crippen LogP contribution in [0.2, 0.25) is 0 Å². The van der Waals surface area contributed by atoms with E-state index >= 15 is 0 Å². The van der Waals surface area contributed by atoms with Gasteiger partial charge >= 0.3 is 0 Å². The van der Waals surface area contributed by atoms with E-state index < -0.39 is 0 Å². The maximum Gasteiger partial charge on any atom is 0.246 e. The molecule has 20 heavy (non-hydrogen) atoms. The lowest BCUT2D eigenvalue weighted by atomic mass is 10.2. The molecule has 0 spiro atoms. The fourth-order valence-corrected chi connectivity index (χ4v) is 2.48. The summed E-state index contributed by atoms with van der Waals surface area (Å²) in [5.41, 5.74) is 3.12. The zero-order valence-corrected chi connectivity index (χ0v) is 12.3. The molecule has 0 aliphatic carbocycles. The van der Waals surface area contributed by atoms with Crippen LogP contribution in [0.1, 0.15) is 35.4 Å². The van der Waals surface area contributed by atoms with E-state index in [0.717, 1.165) is 22.4 Å². The number of aromatic nitrogens is 4. The van der Waals surface area contributed by atoms with Crippen LogP contribution in [0.3, 0.4) is 0 Å². The highest BCUT2D eigenvalue weighted by molar-refractivity contribution is 6.20. The fraction of sp³-hybridized carbons (Fsp3) is 0.357. The van der Waals surface area contributed by atoms with Crippen LogP contribution in [0, 0.1) is 13.8 Å². The lowest BCUT2D eigenvalue weighted by Gasteiger charge is -2.07. The highest BCUT2D eigenvalue weighted by atomic mass is 35.5. The zero-order chi connectivity index (χ0) is 14.3. The number of rotatable bonds is 3. The van der Waals surface area contributed by atoms with Gasteiger partial charge < -0.3 is 9.09 Å². The van der Waals surface area contributed by atoms with Crippen molar-refractivity contribution in [2.45, 2.75) is 32.7 Å². The Morgan fingerprint density at radius 3 is 2.75 bits per heavy atom. The summed E-state index contributed by atoms with van der Waals surface area (Å²) < 4.78 is 7.23. The van der Waals surface area contributed by atoms with Gasteiger partial charge in [-0.2, -0.15) is 4.98 Å². The molecule has 0 bridgehead atoms. The smallest absolute Gasteiger partial charge is 0.246 e. The van der Waals surface area contributed by atoms with Crippen molar-refractivity contribution >= 4 is 22.6 Å². The lowest BCUT2D eigenvalue weighted by Crippen LogP contribution is -2.06. The first-order chi connectivity index (χ1) is 9.56. The standard InChI is InChI=1S/C14H15ClN4O/c1-8-5-4-6-11-13(8)17-14(9(2)15)19(11)7-12-16-10(3)18-20-12/h4-6,9H,7H2,1-3H3. The molecule has 0 fully saturated rings. The van der Waals surface area contributed by atoms with Crippen molar-refractivity contribution < 1.29 is 4.52 Å². The molecule has 1 aromatic carbocycles. The average Bonchev–Trinajstić information content (AvgIpc) is 2.96. The van der Waals surface area contributed by atoms with E-state index in [1.807, 2.05) is 36.6 Å². The number of hydrogen-bond acceptors (Lipinski definition) is 4. The fourth-order valence-electron chi connectivity index (χ4n) is 2.31. The van der Waals surface area contributed by atoms with Crippen molar-refractivity contribution in [1.82, 2.24) is 19.7 Å². The molecule has 3 aromatic rings. The van der Waals surface area contributed by atoms with Crippen LogP contribution in [0.4, 0.5) is 0 Å². The number of nitrogens with zero attached hydrogens (tertiary/aromatic N) is 4. The topological polar surface area (TPSA) is 56.7 Å². The molecular formula is C14H15ClN4O. The SMILES string of the molecule is Cc1noc(Cn2c(C(C)Cl)nc3c(C)cccc32)n1. The van der Waals surface area contributed by atoms with Crippen molar-refractivity contribution in [3.8, 4) is 0 Å². The summed E-state index contributed by atoms with van der Waals surface area (Å²) in [4.78, 5) is 8.90. The second kappa shape index (κ2) is 4.90. The molecule has 104 valence electrons. The van der Waals surface area contributed by atoms with Crippen molar-refractivity contribution in [2.24, 2.45) is 0 Å². The summed E-state index contributed by atoms with van der Waals surface area (Å²) in [7, 11) is 0. The minimum atomic E-state index is -0.189. The quantitative estimate of drug-likeness (QED) is 0.694. The molecule has 0 saturated heterocycles. The number of fused-ring (bicyclic) bond motifs is 1. The van der Waals surface area contributed by atoms with Gasteiger partial charge in [0.1, 0.15) is 12.4 Å². The Balaban J connectivity index is 2.16. The molecule has 1 atom stereocenters. The molecule has 2 heterocycles. The van der Waals surface area contributed by atoms with Gasteiger partial charge in [-0.15, -0.1) is 11.6 Å². The van der Waals surface area contributed by atoms with Gasteiger partial charge in [-0.05, 0) is 32.4 Å². The summed E-state index contributed by atoms with van der Waals surface area (Å²) in [5.74, 6) is 2.00. The number of aryl methyl sites for hydroxylation is 2.